The van der Waals surface area contributed by atoms with Crippen LogP contribution in [0, 0.1) is 6.92 Å². The fourth-order valence-electron chi connectivity index (χ4n) is 3.05. The van der Waals surface area contributed by atoms with Crippen LogP contribution >= 0.6 is 11.3 Å². The molecule has 1 amide bonds. The van der Waals surface area contributed by atoms with Gasteiger partial charge in [0.05, 0.1) is 11.1 Å². The van der Waals surface area contributed by atoms with Crippen molar-refractivity contribution in [1.29, 1.82) is 0 Å². The quantitative estimate of drug-likeness (QED) is 0.757. The number of anilines is 1. The molecule has 0 bridgehead atoms. The second-order valence-corrected chi connectivity index (χ2v) is 7.43. The molecule has 0 spiro atoms. The predicted molar refractivity (Wildman–Crippen MR) is 87.6 cm³/mol. The number of imidazole rings is 1. The van der Waals surface area contributed by atoms with Gasteiger partial charge in [-0.3, -0.25) is 10.1 Å². The maximum atomic E-state index is 12.6. The Bertz CT molecular complexity index is 903. The molecule has 0 fully saturated rings. The number of aromatic nitrogens is 5. The van der Waals surface area contributed by atoms with E-state index >= 15 is 0 Å². The number of nitrogens with one attached hydrogen (secondary N) is 2. The molecule has 0 radical (unpaired) electrons. The SMILES string of the molecule is Cc1nnc(NC(=O)c2c[nH]c3c2-c2nccn2C(C)(C)C3)s1. The predicted octanol–water partition coefficient (Wildman–Crippen LogP) is 2.58. The summed E-state index contributed by atoms with van der Waals surface area (Å²) in [5.41, 5.74) is 2.41. The second kappa shape index (κ2) is 4.76. The lowest BCUT2D eigenvalue weighted by Gasteiger charge is -2.32. The third-order valence-corrected chi connectivity index (χ3v) is 4.83. The fourth-order valence-corrected chi connectivity index (χ4v) is 3.63. The molecule has 3 aromatic heterocycles. The molecule has 118 valence electrons. The number of fused-ring (bicyclic) bond motifs is 3. The zero-order chi connectivity index (χ0) is 16.2. The molecule has 7 nitrogen and oxygen atoms in total. The summed E-state index contributed by atoms with van der Waals surface area (Å²) >= 11 is 1.35. The lowest BCUT2D eigenvalue weighted by Crippen LogP contribution is -2.33. The smallest absolute Gasteiger partial charge is 0.259 e. The van der Waals surface area contributed by atoms with Gasteiger partial charge in [0, 0.05) is 36.2 Å². The van der Waals surface area contributed by atoms with Crippen molar-refractivity contribution in [2.45, 2.75) is 32.7 Å². The summed E-state index contributed by atoms with van der Waals surface area (Å²) in [4.78, 5) is 20.3. The molecule has 4 rings (SSSR count). The summed E-state index contributed by atoms with van der Waals surface area (Å²) in [5.74, 6) is 0.615. The van der Waals surface area contributed by atoms with Crippen molar-refractivity contribution in [3.63, 3.8) is 0 Å². The monoisotopic (exact) mass is 328 g/mol. The van der Waals surface area contributed by atoms with E-state index in [9.17, 15) is 4.79 Å². The topological polar surface area (TPSA) is 88.5 Å². The Balaban J connectivity index is 1.74. The molecule has 23 heavy (non-hydrogen) atoms. The van der Waals surface area contributed by atoms with E-state index in [-0.39, 0.29) is 11.4 Å². The molecule has 0 atom stereocenters. The van der Waals surface area contributed by atoms with Gasteiger partial charge in [-0.15, -0.1) is 10.2 Å². The van der Waals surface area contributed by atoms with E-state index in [1.54, 1.807) is 12.4 Å². The molecule has 3 aromatic rings. The van der Waals surface area contributed by atoms with E-state index in [2.05, 4.69) is 43.9 Å². The summed E-state index contributed by atoms with van der Waals surface area (Å²) in [7, 11) is 0. The summed E-state index contributed by atoms with van der Waals surface area (Å²) in [6, 6.07) is 0. The number of aromatic amines is 1. The van der Waals surface area contributed by atoms with E-state index < -0.39 is 0 Å². The highest BCUT2D eigenvalue weighted by Gasteiger charge is 2.34. The minimum atomic E-state index is -0.201. The summed E-state index contributed by atoms with van der Waals surface area (Å²) < 4.78 is 2.12. The number of H-pyrrole nitrogens is 1. The number of aryl methyl sites for hydroxylation is 1. The van der Waals surface area contributed by atoms with Gasteiger partial charge >= 0.3 is 0 Å². The van der Waals surface area contributed by atoms with Gasteiger partial charge in [-0.25, -0.2) is 4.98 Å². The van der Waals surface area contributed by atoms with E-state index in [4.69, 9.17) is 0 Å². The molecule has 8 heteroatoms. The molecule has 0 saturated carbocycles. The average molecular weight is 328 g/mol. The number of carbonyl (C=O) groups excluding carboxylic acids is 1. The van der Waals surface area contributed by atoms with E-state index in [1.165, 1.54) is 11.3 Å². The van der Waals surface area contributed by atoms with Gasteiger partial charge in [0.25, 0.3) is 5.91 Å². The molecule has 1 aliphatic heterocycles. The van der Waals surface area contributed by atoms with E-state index in [0.717, 1.165) is 28.5 Å². The first-order chi connectivity index (χ1) is 11.0. The number of hydrogen-bond donors (Lipinski definition) is 2. The van der Waals surface area contributed by atoms with Crippen molar-refractivity contribution >= 4 is 22.4 Å². The van der Waals surface area contributed by atoms with Crippen LogP contribution in [0.1, 0.15) is 34.9 Å². The van der Waals surface area contributed by atoms with Crippen LogP contribution in [-0.4, -0.2) is 30.6 Å². The van der Waals surface area contributed by atoms with Gasteiger partial charge < -0.3 is 9.55 Å². The first-order valence-electron chi connectivity index (χ1n) is 7.31. The van der Waals surface area contributed by atoms with Crippen molar-refractivity contribution in [3.8, 4) is 11.4 Å². The maximum Gasteiger partial charge on any atom is 0.259 e. The Kier molecular flexibility index (Phi) is 2.92. The van der Waals surface area contributed by atoms with Crippen molar-refractivity contribution < 1.29 is 4.79 Å². The molecule has 1 aliphatic rings. The first kappa shape index (κ1) is 14.1. The molecule has 0 aliphatic carbocycles. The molecule has 0 saturated heterocycles. The van der Waals surface area contributed by atoms with Gasteiger partial charge in [-0.2, -0.15) is 0 Å². The zero-order valence-electron chi connectivity index (χ0n) is 13.0. The third-order valence-electron chi connectivity index (χ3n) is 4.08. The van der Waals surface area contributed by atoms with Crippen LogP contribution in [0.4, 0.5) is 5.13 Å². The number of nitrogens with zero attached hydrogens (tertiary/aromatic N) is 4. The molecule has 4 heterocycles. The highest BCUT2D eigenvalue weighted by molar-refractivity contribution is 7.15. The number of rotatable bonds is 2. The molecule has 0 unspecified atom stereocenters. The van der Waals surface area contributed by atoms with Crippen LogP contribution in [0.2, 0.25) is 0 Å². The van der Waals surface area contributed by atoms with Crippen LogP contribution in [-0.2, 0) is 12.0 Å². The Hall–Kier alpha value is -2.48. The Morgan fingerprint density at radius 2 is 2.26 bits per heavy atom. The Morgan fingerprint density at radius 1 is 1.43 bits per heavy atom. The summed E-state index contributed by atoms with van der Waals surface area (Å²) in [5, 5.41) is 12.0. The maximum absolute atomic E-state index is 12.6. The van der Waals surface area contributed by atoms with Crippen molar-refractivity contribution in [2.75, 3.05) is 5.32 Å². The second-order valence-electron chi connectivity index (χ2n) is 6.25. The van der Waals surface area contributed by atoms with Gasteiger partial charge in [-0.1, -0.05) is 11.3 Å². The Labute approximate surface area is 136 Å². The van der Waals surface area contributed by atoms with Crippen LogP contribution in [0.15, 0.2) is 18.6 Å². The fraction of sp³-hybridized carbons (Fsp3) is 0.333. The van der Waals surface area contributed by atoms with E-state index in [1.807, 2.05) is 13.1 Å². The van der Waals surface area contributed by atoms with Gasteiger partial charge in [0.2, 0.25) is 5.13 Å². The summed E-state index contributed by atoms with van der Waals surface area (Å²) in [6.45, 7) is 6.17. The standard InChI is InChI=1S/C15H16N6OS/c1-8-19-20-14(23-8)18-13(22)9-7-17-10-6-15(2,3)21-5-4-16-12(21)11(9)10/h4-5,7,17H,6H2,1-3H3,(H,18,20,22). The number of hydrogen-bond acceptors (Lipinski definition) is 5. The number of amides is 1. The highest BCUT2D eigenvalue weighted by atomic mass is 32.1. The molecular formula is C15H16N6OS. The van der Waals surface area contributed by atoms with Crippen molar-refractivity contribution in [1.82, 2.24) is 24.7 Å². The van der Waals surface area contributed by atoms with E-state index in [0.29, 0.717) is 10.7 Å². The normalized spacial score (nSPS) is 15.1. The average Bonchev–Trinajstić information content (AvgIpc) is 3.16. The van der Waals surface area contributed by atoms with Crippen molar-refractivity contribution in [3.05, 3.63) is 34.9 Å². The largest absolute Gasteiger partial charge is 0.364 e. The van der Waals surface area contributed by atoms with Gasteiger partial charge in [0.15, 0.2) is 0 Å². The van der Waals surface area contributed by atoms with Crippen LogP contribution < -0.4 is 5.32 Å². The van der Waals surface area contributed by atoms with Gasteiger partial charge in [0.1, 0.15) is 10.8 Å². The first-order valence-corrected chi connectivity index (χ1v) is 8.13. The Morgan fingerprint density at radius 3 is 3.00 bits per heavy atom. The minimum Gasteiger partial charge on any atom is -0.364 e. The summed E-state index contributed by atoms with van der Waals surface area (Å²) in [6.07, 6.45) is 6.29. The van der Waals surface area contributed by atoms with Crippen LogP contribution in [0.3, 0.4) is 0 Å². The van der Waals surface area contributed by atoms with Crippen LogP contribution in [0.5, 0.6) is 0 Å². The molecule has 2 N–H and O–H groups in total. The highest BCUT2D eigenvalue weighted by Crippen LogP contribution is 2.38. The lowest BCUT2D eigenvalue weighted by molar-refractivity contribution is 0.102. The molecule has 0 aromatic carbocycles. The third kappa shape index (κ3) is 2.17. The van der Waals surface area contributed by atoms with Crippen LogP contribution in [0.25, 0.3) is 11.4 Å². The number of carbonyl (C=O) groups is 1. The lowest BCUT2D eigenvalue weighted by atomic mass is 9.90. The van der Waals surface area contributed by atoms with Gasteiger partial charge in [-0.05, 0) is 20.8 Å². The minimum absolute atomic E-state index is 0.0756. The zero-order valence-corrected chi connectivity index (χ0v) is 13.9. The molecular weight excluding hydrogens is 312 g/mol. The van der Waals surface area contributed by atoms with Crippen molar-refractivity contribution in [2.24, 2.45) is 0 Å².